The Kier molecular flexibility index (Phi) is 9.97. The normalized spacial score (nSPS) is 17.0. The van der Waals surface area contributed by atoms with Crippen LogP contribution in [0.15, 0.2) is 66.9 Å². The van der Waals surface area contributed by atoms with Gasteiger partial charge in [-0.05, 0) is 83.4 Å². The molecule has 0 unspecified atom stereocenters. The van der Waals surface area contributed by atoms with Gasteiger partial charge in [-0.25, -0.2) is 9.59 Å². The fourth-order valence-electron chi connectivity index (χ4n) is 5.64. The number of carbonyl (C=O) groups is 3. The second-order valence-electron chi connectivity index (χ2n) is 13.1. The van der Waals surface area contributed by atoms with E-state index in [1.807, 2.05) is 95.3 Å². The van der Waals surface area contributed by atoms with E-state index in [4.69, 9.17) is 9.72 Å². The van der Waals surface area contributed by atoms with Crippen LogP contribution >= 0.6 is 0 Å². The van der Waals surface area contributed by atoms with Crippen LogP contribution in [-0.2, 0) is 15.1 Å². The first kappa shape index (κ1) is 32.5. The first-order chi connectivity index (χ1) is 20.7. The van der Waals surface area contributed by atoms with E-state index in [1.54, 1.807) is 13.2 Å². The van der Waals surface area contributed by atoms with Crippen LogP contribution in [0, 0.1) is 5.92 Å². The zero-order chi connectivity index (χ0) is 32.1. The summed E-state index contributed by atoms with van der Waals surface area (Å²) in [7, 11) is 1.61. The van der Waals surface area contributed by atoms with Gasteiger partial charge in [0.25, 0.3) is 0 Å². The van der Waals surface area contributed by atoms with E-state index >= 15 is 0 Å². The number of anilines is 1. The summed E-state index contributed by atoms with van der Waals surface area (Å²) in [5, 5.41) is 15.2. The Morgan fingerprint density at radius 3 is 2.16 bits per heavy atom. The third-order valence-electron chi connectivity index (χ3n) is 8.09. The smallest absolute Gasteiger partial charge is 0.408 e. The number of hydrogen-bond acceptors (Lipinski definition) is 5. The molecule has 1 aliphatic rings. The number of rotatable bonds is 8. The molecule has 4 rings (SSSR count). The van der Waals surface area contributed by atoms with Gasteiger partial charge in [0.05, 0.1) is 23.1 Å². The highest BCUT2D eigenvalue weighted by atomic mass is 16.6. The number of ether oxygens (including phenoxy) is 1. The fraction of sp³-hybridized carbons (Fsp3) is 0.429. The molecule has 1 heterocycles. The molecule has 3 N–H and O–H groups in total. The van der Waals surface area contributed by atoms with Crippen LogP contribution in [0.2, 0.25) is 0 Å². The highest BCUT2D eigenvalue weighted by molar-refractivity contribution is 5.93. The maximum atomic E-state index is 13.0. The Hall–Kier alpha value is -4.40. The molecule has 1 aliphatic carbocycles. The maximum Gasteiger partial charge on any atom is 0.408 e. The van der Waals surface area contributed by atoms with Crippen LogP contribution in [-0.4, -0.2) is 51.8 Å². The van der Waals surface area contributed by atoms with Gasteiger partial charge >= 0.3 is 12.2 Å². The fourth-order valence-corrected chi connectivity index (χ4v) is 5.64. The average molecular weight is 601 g/mol. The first-order valence-electron chi connectivity index (χ1n) is 15.1. The number of aromatic nitrogens is 1. The molecule has 2 aromatic carbocycles. The quantitative estimate of drug-likeness (QED) is 0.244. The predicted molar refractivity (Wildman–Crippen MR) is 172 cm³/mol. The molecule has 9 nitrogen and oxygen atoms in total. The number of benzene rings is 2. The zero-order valence-corrected chi connectivity index (χ0v) is 26.5. The van der Waals surface area contributed by atoms with Crippen molar-refractivity contribution in [3.63, 3.8) is 0 Å². The van der Waals surface area contributed by atoms with E-state index in [0.29, 0.717) is 12.1 Å². The molecule has 0 spiro atoms. The van der Waals surface area contributed by atoms with Crippen molar-refractivity contribution in [1.29, 1.82) is 0 Å². The number of carbonyl (C=O) groups excluding carboxylic acids is 2. The Morgan fingerprint density at radius 1 is 0.932 bits per heavy atom. The molecule has 0 bridgehead atoms. The number of carboxylic acid groups (broad SMARTS) is 1. The summed E-state index contributed by atoms with van der Waals surface area (Å²) in [6.07, 6.45) is 3.86. The van der Waals surface area contributed by atoms with E-state index in [2.05, 4.69) is 10.6 Å². The molecule has 0 radical (unpaired) electrons. The summed E-state index contributed by atoms with van der Waals surface area (Å²) < 4.78 is 5.44. The maximum absolute atomic E-state index is 13.0. The minimum absolute atomic E-state index is 0.0124. The Morgan fingerprint density at radius 2 is 1.57 bits per heavy atom. The molecule has 0 aliphatic heterocycles. The molecule has 9 heteroatoms. The van der Waals surface area contributed by atoms with Gasteiger partial charge in [0, 0.05) is 30.6 Å². The summed E-state index contributed by atoms with van der Waals surface area (Å²) in [5.74, 6) is 0.152. The number of amides is 3. The number of nitrogens with zero attached hydrogens (tertiary/aromatic N) is 2. The highest BCUT2D eigenvalue weighted by Crippen LogP contribution is 2.34. The predicted octanol–water partition coefficient (Wildman–Crippen LogP) is 7.67. The lowest BCUT2D eigenvalue weighted by Crippen LogP contribution is -2.43. The van der Waals surface area contributed by atoms with E-state index in [1.165, 1.54) is 4.90 Å². The zero-order valence-electron chi connectivity index (χ0n) is 26.5. The third-order valence-corrected chi connectivity index (χ3v) is 8.09. The molecule has 234 valence electrons. The number of alkyl carbamates (subject to hydrolysis) is 1. The summed E-state index contributed by atoms with van der Waals surface area (Å²) >= 11 is 0. The van der Waals surface area contributed by atoms with Crippen LogP contribution in [0.25, 0.3) is 22.4 Å². The number of pyridine rings is 1. The van der Waals surface area contributed by atoms with Crippen molar-refractivity contribution in [2.45, 2.75) is 83.9 Å². The van der Waals surface area contributed by atoms with Crippen LogP contribution in [0.5, 0.6) is 0 Å². The van der Waals surface area contributed by atoms with Gasteiger partial charge < -0.3 is 25.4 Å². The van der Waals surface area contributed by atoms with E-state index < -0.39 is 23.3 Å². The molecule has 44 heavy (non-hydrogen) atoms. The summed E-state index contributed by atoms with van der Waals surface area (Å²) in [6.45, 7) is 9.35. The van der Waals surface area contributed by atoms with E-state index in [-0.39, 0.29) is 17.9 Å². The second kappa shape index (κ2) is 13.5. The molecule has 0 saturated heterocycles. The molecule has 1 fully saturated rings. The molecular formula is C35H44N4O5. The van der Waals surface area contributed by atoms with Gasteiger partial charge in [0.15, 0.2) is 0 Å². The van der Waals surface area contributed by atoms with E-state index in [0.717, 1.165) is 53.6 Å². The third kappa shape index (κ3) is 8.58. The summed E-state index contributed by atoms with van der Waals surface area (Å²) in [5.41, 5.74) is 3.84. The van der Waals surface area contributed by atoms with Gasteiger partial charge in [-0.2, -0.15) is 0 Å². The molecule has 3 amide bonds. The lowest BCUT2D eigenvalue weighted by Gasteiger charge is -2.32. The highest BCUT2D eigenvalue weighted by Gasteiger charge is 2.28. The molecule has 0 atom stereocenters. The van der Waals surface area contributed by atoms with Crippen molar-refractivity contribution in [2.75, 3.05) is 12.4 Å². The van der Waals surface area contributed by atoms with Gasteiger partial charge in [0.2, 0.25) is 5.91 Å². The lowest BCUT2D eigenvalue weighted by atomic mass is 9.83. The van der Waals surface area contributed by atoms with Gasteiger partial charge in [0.1, 0.15) is 5.60 Å². The van der Waals surface area contributed by atoms with Crippen molar-refractivity contribution in [2.24, 2.45) is 5.92 Å². The second-order valence-corrected chi connectivity index (χ2v) is 13.1. The van der Waals surface area contributed by atoms with Crippen LogP contribution in [0.3, 0.4) is 0 Å². The summed E-state index contributed by atoms with van der Waals surface area (Å²) in [6, 6.07) is 19.8. The van der Waals surface area contributed by atoms with Crippen molar-refractivity contribution < 1.29 is 24.2 Å². The monoisotopic (exact) mass is 600 g/mol. The van der Waals surface area contributed by atoms with Gasteiger partial charge in [-0.1, -0.05) is 54.6 Å². The molecule has 1 aromatic heterocycles. The largest absolute Gasteiger partial charge is 0.465 e. The standard InChI is InChI=1S/C35H44N4O5/c1-34(2,3)44-32(41)38-35(4,5)26-16-14-25(15-17-26)31-29(24-10-8-7-9-11-24)21-27(22-36-31)37-30(40)20-23-12-18-28(19-13-23)39(6)33(42)43/h7-11,14-17,21-23,28H,12-13,18-20H2,1-6H3,(H,37,40)(H,38,41)(H,42,43). The number of hydrogen-bond donors (Lipinski definition) is 3. The molecule has 1 saturated carbocycles. The van der Waals surface area contributed by atoms with Crippen LogP contribution < -0.4 is 10.6 Å². The minimum Gasteiger partial charge on any atom is -0.465 e. The topological polar surface area (TPSA) is 121 Å². The van der Waals surface area contributed by atoms with Crippen molar-refractivity contribution in [1.82, 2.24) is 15.2 Å². The van der Waals surface area contributed by atoms with Crippen molar-refractivity contribution >= 4 is 23.8 Å². The van der Waals surface area contributed by atoms with Crippen molar-refractivity contribution in [3.05, 3.63) is 72.4 Å². The first-order valence-corrected chi connectivity index (χ1v) is 15.1. The van der Waals surface area contributed by atoms with Gasteiger partial charge in [-0.3, -0.25) is 9.78 Å². The summed E-state index contributed by atoms with van der Waals surface area (Å²) in [4.78, 5) is 42.9. The Labute approximate surface area is 260 Å². The van der Waals surface area contributed by atoms with E-state index in [9.17, 15) is 19.5 Å². The Bertz CT molecular complexity index is 1460. The van der Waals surface area contributed by atoms with Gasteiger partial charge in [-0.15, -0.1) is 0 Å². The minimum atomic E-state index is -0.911. The number of nitrogens with one attached hydrogen (secondary N) is 2. The van der Waals surface area contributed by atoms with Crippen molar-refractivity contribution in [3.8, 4) is 22.4 Å². The van der Waals surface area contributed by atoms with Crippen LogP contribution in [0.4, 0.5) is 15.3 Å². The average Bonchev–Trinajstić information content (AvgIpc) is 2.96. The lowest BCUT2D eigenvalue weighted by molar-refractivity contribution is -0.117. The Balaban J connectivity index is 1.49. The SMILES string of the molecule is CN(C(=O)O)C1CCC(CC(=O)Nc2cnc(-c3ccc(C(C)(C)NC(=O)OC(C)(C)C)cc3)c(-c3ccccc3)c2)CC1. The molecular weight excluding hydrogens is 556 g/mol. The molecule has 3 aromatic rings. The van der Waals surface area contributed by atoms with Crippen LogP contribution in [0.1, 0.15) is 72.3 Å².